The summed E-state index contributed by atoms with van der Waals surface area (Å²) < 4.78 is 11.3. The minimum atomic E-state index is -0.749. The molecule has 5 heteroatoms. The van der Waals surface area contributed by atoms with Crippen molar-refractivity contribution in [3.63, 3.8) is 0 Å². The summed E-state index contributed by atoms with van der Waals surface area (Å²) in [5.41, 5.74) is -0.101. The second-order valence-corrected chi connectivity index (χ2v) is 8.69. The number of carbonyl (C=O) groups is 1. The molecule has 2 saturated heterocycles. The van der Waals surface area contributed by atoms with Gasteiger partial charge in [-0.15, -0.1) is 0 Å². The Bertz CT molecular complexity index is 596. The number of nitrogens with zero attached hydrogens (tertiary/aromatic N) is 1. The van der Waals surface area contributed by atoms with Crippen LogP contribution in [0.2, 0.25) is 0 Å². The Morgan fingerprint density at radius 1 is 1.19 bits per heavy atom. The molecular formula is C21H31NO4. The summed E-state index contributed by atoms with van der Waals surface area (Å²) in [5, 5.41) is 11.0. The Kier molecular flexibility index (Phi) is 5.58. The van der Waals surface area contributed by atoms with Gasteiger partial charge >= 0.3 is 6.09 Å². The van der Waals surface area contributed by atoms with Crippen molar-refractivity contribution < 1.29 is 19.4 Å². The SMILES string of the molecule is CC(C)(C)OC(=O)N1C2CCC1CC(O)(CCOCc1ccccc1)C2. The predicted octanol–water partition coefficient (Wildman–Crippen LogP) is 3.89. The third kappa shape index (κ3) is 4.77. The summed E-state index contributed by atoms with van der Waals surface area (Å²) in [4.78, 5) is 14.4. The lowest BCUT2D eigenvalue weighted by Crippen LogP contribution is -2.54. The van der Waals surface area contributed by atoms with Crippen molar-refractivity contribution in [1.82, 2.24) is 4.90 Å². The zero-order valence-electron chi connectivity index (χ0n) is 16.1. The van der Waals surface area contributed by atoms with E-state index in [0.717, 1.165) is 18.4 Å². The number of benzene rings is 1. The Labute approximate surface area is 156 Å². The summed E-state index contributed by atoms with van der Waals surface area (Å²) in [5.74, 6) is 0. The lowest BCUT2D eigenvalue weighted by Gasteiger charge is -2.44. The second kappa shape index (κ2) is 7.57. The maximum atomic E-state index is 12.5. The zero-order chi connectivity index (χ0) is 18.8. The van der Waals surface area contributed by atoms with Gasteiger partial charge in [-0.3, -0.25) is 0 Å². The number of fused-ring (bicyclic) bond motifs is 2. The molecule has 1 amide bonds. The van der Waals surface area contributed by atoms with E-state index in [1.807, 2.05) is 56.0 Å². The minimum absolute atomic E-state index is 0.0720. The molecule has 1 aromatic carbocycles. The van der Waals surface area contributed by atoms with Crippen LogP contribution in [-0.4, -0.2) is 46.0 Å². The molecule has 2 atom stereocenters. The highest BCUT2D eigenvalue weighted by Gasteiger charge is 2.50. The Hall–Kier alpha value is -1.59. The molecule has 2 bridgehead atoms. The normalized spacial score (nSPS) is 28.2. The van der Waals surface area contributed by atoms with Gasteiger partial charge in [-0.1, -0.05) is 30.3 Å². The average Bonchev–Trinajstić information content (AvgIpc) is 2.84. The van der Waals surface area contributed by atoms with Crippen molar-refractivity contribution in [1.29, 1.82) is 0 Å². The number of amides is 1. The monoisotopic (exact) mass is 361 g/mol. The van der Waals surface area contributed by atoms with E-state index >= 15 is 0 Å². The van der Waals surface area contributed by atoms with Gasteiger partial charge in [0, 0.05) is 18.7 Å². The second-order valence-electron chi connectivity index (χ2n) is 8.69. The molecule has 1 aromatic rings. The average molecular weight is 361 g/mol. The molecule has 0 radical (unpaired) electrons. The van der Waals surface area contributed by atoms with Gasteiger partial charge in [-0.05, 0) is 58.4 Å². The smallest absolute Gasteiger partial charge is 0.410 e. The van der Waals surface area contributed by atoms with Crippen LogP contribution in [0.5, 0.6) is 0 Å². The lowest BCUT2D eigenvalue weighted by molar-refractivity contribution is -0.0742. The highest BCUT2D eigenvalue weighted by Crippen LogP contribution is 2.42. The summed E-state index contributed by atoms with van der Waals surface area (Å²) in [6.45, 7) is 6.75. The molecule has 1 N–H and O–H groups in total. The minimum Gasteiger partial charge on any atom is -0.444 e. The molecule has 3 rings (SSSR count). The number of hydrogen-bond acceptors (Lipinski definition) is 4. The van der Waals surface area contributed by atoms with E-state index < -0.39 is 11.2 Å². The maximum absolute atomic E-state index is 12.5. The van der Waals surface area contributed by atoms with Crippen LogP contribution in [0.4, 0.5) is 4.79 Å². The third-order valence-electron chi connectivity index (χ3n) is 5.28. The van der Waals surface area contributed by atoms with Gasteiger partial charge in [0.25, 0.3) is 0 Å². The zero-order valence-corrected chi connectivity index (χ0v) is 16.1. The first-order valence-corrected chi connectivity index (χ1v) is 9.61. The van der Waals surface area contributed by atoms with Crippen molar-refractivity contribution in [3.8, 4) is 0 Å². The van der Waals surface area contributed by atoms with E-state index in [2.05, 4.69) is 0 Å². The molecule has 5 nitrogen and oxygen atoms in total. The van der Waals surface area contributed by atoms with E-state index in [0.29, 0.717) is 32.5 Å². The standard InChI is InChI=1S/C21H31NO4/c1-20(2,3)26-19(23)22-17-9-10-18(22)14-21(24,13-17)11-12-25-15-16-7-5-4-6-8-16/h4-8,17-18,24H,9-15H2,1-3H3. The van der Waals surface area contributed by atoms with E-state index in [9.17, 15) is 9.90 Å². The van der Waals surface area contributed by atoms with Crippen LogP contribution in [0.25, 0.3) is 0 Å². The quantitative estimate of drug-likeness (QED) is 0.809. The van der Waals surface area contributed by atoms with Crippen molar-refractivity contribution >= 4 is 6.09 Å². The maximum Gasteiger partial charge on any atom is 0.410 e. The molecule has 2 unspecified atom stereocenters. The molecule has 2 aliphatic heterocycles. The molecule has 0 aliphatic carbocycles. The third-order valence-corrected chi connectivity index (χ3v) is 5.28. The first-order valence-electron chi connectivity index (χ1n) is 9.61. The van der Waals surface area contributed by atoms with Crippen LogP contribution in [0.15, 0.2) is 30.3 Å². The molecule has 2 aliphatic rings. The largest absolute Gasteiger partial charge is 0.444 e. The first-order chi connectivity index (χ1) is 12.3. The van der Waals surface area contributed by atoms with Crippen LogP contribution in [0.1, 0.15) is 58.4 Å². The van der Waals surface area contributed by atoms with Crippen molar-refractivity contribution in [2.24, 2.45) is 0 Å². The van der Waals surface area contributed by atoms with E-state index in [1.54, 1.807) is 0 Å². The van der Waals surface area contributed by atoms with Crippen LogP contribution in [0.3, 0.4) is 0 Å². The number of ether oxygens (including phenoxy) is 2. The molecule has 0 saturated carbocycles. The van der Waals surface area contributed by atoms with Gasteiger partial charge in [-0.25, -0.2) is 4.79 Å². The topological polar surface area (TPSA) is 59.0 Å². The first kappa shape index (κ1) is 19.2. The number of carbonyl (C=O) groups excluding carboxylic acids is 1. The molecule has 26 heavy (non-hydrogen) atoms. The Balaban J connectivity index is 1.50. The number of piperidine rings is 1. The Morgan fingerprint density at radius 2 is 1.81 bits per heavy atom. The highest BCUT2D eigenvalue weighted by atomic mass is 16.6. The van der Waals surface area contributed by atoms with Crippen molar-refractivity contribution in [2.75, 3.05) is 6.61 Å². The summed E-state index contributed by atoms with van der Waals surface area (Å²) in [6, 6.07) is 10.2. The number of rotatable bonds is 5. The van der Waals surface area contributed by atoms with Crippen molar-refractivity contribution in [3.05, 3.63) is 35.9 Å². The van der Waals surface area contributed by atoms with Gasteiger partial charge in [-0.2, -0.15) is 0 Å². The molecule has 144 valence electrons. The van der Waals surface area contributed by atoms with Crippen LogP contribution in [0, 0.1) is 0 Å². The number of hydrogen-bond donors (Lipinski definition) is 1. The summed E-state index contributed by atoms with van der Waals surface area (Å²) in [6.07, 6.45) is 3.46. The molecular weight excluding hydrogens is 330 g/mol. The molecule has 0 aromatic heterocycles. The van der Waals surface area contributed by atoms with Crippen molar-refractivity contribution in [2.45, 2.75) is 82.8 Å². The molecule has 2 heterocycles. The van der Waals surface area contributed by atoms with Crippen LogP contribution < -0.4 is 0 Å². The fourth-order valence-corrected chi connectivity index (χ4v) is 4.17. The van der Waals surface area contributed by atoms with Gasteiger partial charge in [0.2, 0.25) is 0 Å². The van der Waals surface area contributed by atoms with Gasteiger partial charge < -0.3 is 19.5 Å². The summed E-state index contributed by atoms with van der Waals surface area (Å²) >= 11 is 0. The Morgan fingerprint density at radius 3 is 2.38 bits per heavy atom. The van der Waals surface area contributed by atoms with E-state index in [1.165, 1.54) is 0 Å². The van der Waals surface area contributed by atoms with E-state index in [4.69, 9.17) is 9.47 Å². The lowest BCUT2D eigenvalue weighted by atomic mass is 9.84. The highest BCUT2D eigenvalue weighted by molar-refractivity contribution is 5.69. The predicted molar refractivity (Wildman–Crippen MR) is 99.8 cm³/mol. The van der Waals surface area contributed by atoms with E-state index in [-0.39, 0.29) is 18.2 Å². The van der Waals surface area contributed by atoms with Crippen LogP contribution >= 0.6 is 0 Å². The van der Waals surface area contributed by atoms with Gasteiger partial charge in [0.15, 0.2) is 0 Å². The fraction of sp³-hybridized carbons (Fsp3) is 0.667. The molecule has 2 fully saturated rings. The van der Waals surface area contributed by atoms with Gasteiger partial charge in [0.1, 0.15) is 5.60 Å². The van der Waals surface area contributed by atoms with Gasteiger partial charge in [0.05, 0.1) is 12.2 Å². The summed E-state index contributed by atoms with van der Waals surface area (Å²) in [7, 11) is 0. The number of aliphatic hydroxyl groups is 1. The van der Waals surface area contributed by atoms with Crippen LogP contribution in [-0.2, 0) is 16.1 Å². The fourth-order valence-electron chi connectivity index (χ4n) is 4.17. The molecule has 0 spiro atoms.